The lowest BCUT2D eigenvalue weighted by molar-refractivity contribution is -0.220. The van der Waals surface area contributed by atoms with Gasteiger partial charge in [0.05, 0.1) is 16.2 Å². The first kappa shape index (κ1) is 22.4. The number of H-pyrrole nitrogens is 1. The van der Waals surface area contributed by atoms with E-state index < -0.39 is 16.9 Å². The molecule has 7 heteroatoms. The molecule has 1 fully saturated rings. The molecular formula is C23H30N3O3S-. The first-order valence-corrected chi connectivity index (χ1v) is 11.8. The summed E-state index contributed by atoms with van der Waals surface area (Å²) >= 11 is 0. The van der Waals surface area contributed by atoms with Gasteiger partial charge in [-0.2, -0.15) is 0 Å². The van der Waals surface area contributed by atoms with Crippen molar-refractivity contribution in [2.24, 2.45) is 0 Å². The zero-order chi connectivity index (χ0) is 21.7. The van der Waals surface area contributed by atoms with Gasteiger partial charge in [-0.05, 0) is 75.8 Å². The van der Waals surface area contributed by atoms with E-state index in [-0.39, 0.29) is 23.3 Å². The fourth-order valence-corrected chi connectivity index (χ4v) is 4.66. The summed E-state index contributed by atoms with van der Waals surface area (Å²) in [5.74, 6) is -0.178. The number of hydrogen-bond donors (Lipinski definition) is 3. The van der Waals surface area contributed by atoms with Gasteiger partial charge in [0.25, 0.3) is 5.56 Å². The Morgan fingerprint density at radius 3 is 2.73 bits per heavy atom. The van der Waals surface area contributed by atoms with Crippen LogP contribution < -0.4 is 15.4 Å². The maximum absolute atomic E-state index is 12.5. The van der Waals surface area contributed by atoms with E-state index in [2.05, 4.69) is 15.8 Å². The number of unbranched alkanes of at least 4 members (excludes halogenated alkanes) is 1. The van der Waals surface area contributed by atoms with Crippen molar-refractivity contribution in [3.8, 4) is 0 Å². The number of aromatic amines is 1. The second-order valence-electron chi connectivity index (χ2n) is 8.23. The molecule has 1 aromatic heterocycles. The largest absolute Gasteiger partial charge is 0.862 e. The highest BCUT2D eigenvalue weighted by Gasteiger charge is 2.26. The predicted molar refractivity (Wildman–Crippen MR) is 121 cm³/mol. The van der Waals surface area contributed by atoms with Crippen molar-refractivity contribution in [2.75, 3.05) is 0 Å². The molecule has 0 aliphatic heterocycles. The van der Waals surface area contributed by atoms with Crippen molar-refractivity contribution < 1.29 is 9.32 Å². The summed E-state index contributed by atoms with van der Waals surface area (Å²) in [7, 11) is -1.14. The Hall–Kier alpha value is -2.25. The van der Waals surface area contributed by atoms with Gasteiger partial charge in [0.15, 0.2) is 0 Å². The smallest absolute Gasteiger partial charge is 0.251 e. The minimum atomic E-state index is -1.14. The van der Waals surface area contributed by atoms with Crippen LogP contribution in [0.15, 0.2) is 46.8 Å². The van der Waals surface area contributed by atoms with Crippen molar-refractivity contribution >= 4 is 22.5 Å². The Kier molecular flexibility index (Phi) is 7.61. The second kappa shape index (κ2) is 10.2. The second-order valence-corrected chi connectivity index (χ2v) is 9.66. The Morgan fingerprint density at radius 2 is 2.17 bits per heavy atom. The molecule has 1 heterocycles. The van der Waals surface area contributed by atoms with Crippen LogP contribution in [0.5, 0.6) is 0 Å². The van der Waals surface area contributed by atoms with Crippen LogP contribution >= 0.6 is 0 Å². The van der Waals surface area contributed by atoms with Crippen LogP contribution in [0.25, 0.3) is 5.57 Å². The average Bonchev–Trinajstić information content (AvgIpc) is 3.52. The highest BCUT2D eigenvalue weighted by Crippen LogP contribution is 2.38. The molecule has 2 aliphatic carbocycles. The molecule has 0 radical (unpaired) electrons. The summed E-state index contributed by atoms with van der Waals surface area (Å²) in [5, 5.41) is 17.9. The molecule has 162 valence electrons. The Labute approximate surface area is 180 Å². The van der Waals surface area contributed by atoms with Gasteiger partial charge in [0.1, 0.15) is 0 Å². The van der Waals surface area contributed by atoms with E-state index >= 15 is 0 Å². The summed E-state index contributed by atoms with van der Waals surface area (Å²) in [6.45, 7) is 3.94. The third kappa shape index (κ3) is 6.12. The quantitative estimate of drug-likeness (QED) is 0.303. The first-order valence-electron chi connectivity index (χ1n) is 10.6. The fourth-order valence-electron chi connectivity index (χ4n) is 3.53. The van der Waals surface area contributed by atoms with Crippen LogP contribution in [-0.4, -0.2) is 26.4 Å². The van der Waals surface area contributed by atoms with Gasteiger partial charge < -0.3 is 15.5 Å². The Balaban J connectivity index is 1.81. The number of aromatic nitrogens is 1. The van der Waals surface area contributed by atoms with Crippen LogP contribution in [0.2, 0.25) is 0 Å². The van der Waals surface area contributed by atoms with Gasteiger partial charge >= 0.3 is 0 Å². The number of allylic oxidation sites excluding steroid dienone is 5. The number of rotatable bonds is 10. The van der Waals surface area contributed by atoms with Gasteiger partial charge in [0.2, 0.25) is 0 Å². The van der Waals surface area contributed by atoms with Crippen LogP contribution in [0.3, 0.4) is 0 Å². The summed E-state index contributed by atoms with van der Waals surface area (Å²) < 4.78 is 15.4. The Bertz CT molecular complexity index is 955. The molecular weight excluding hydrogens is 398 g/mol. The van der Waals surface area contributed by atoms with Crippen LogP contribution in [0, 0.1) is 5.41 Å². The summed E-state index contributed by atoms with van der Waals surface area (Å²) in [5.41, 5.74) is 3.44. The highest BCUT2D eigenvalue weighted by molar-refractivity contribution is 7.83. The maximum Gasteiger partial charge on any atom is 0.251 e. The summed E-state index contributed by atoms with van der Waals surface area (Å²) in [4.78, 5) is 15.6. The van der Waals surface area contributed by atoms with E-state index in [1.54, 1.807) is 0 Å². The van der Waals surface area contributed by atoms with Crippen molar-refractivity contribution in [1.29, 1.82) is 5.41 Å². The molecule has 1 saturated carbocycles. The third-order valence-corrected chi connectivity index (χ3v) is 6.81. The predicted octanol–water partition coefficient (Wildman–Crippen LogP) is 3.06. The standard InChI is InChI=1S/C23H31N3O3S/c1-15(2)26-30(29)18-11-9-16(10-12-18)19(5-3-4-6-22(24)27)21-14-13-20(17-7-8-17)23(28)25-21/h5,9-11,13-15,17-18,26H,3-4,6-8,12H2,1-2H3,(H2,24,27)(H,25,28)/p-1/b19-5+. The molecule has 0 spiro atoms. The van der Waals surface area contributed by atoms with Crippen molar-refractivity contribution in [2.45, 2.75) is 69.6 Å². The van der Waals surface area contributed by atoms with Crippen LogP contribution in [0.4, 0.5) is 0 Å². The lowest BCUT2D eigenvalue weighted by Gasteiger charge is -2.19. The van der Waals surface area contributed by atoms with Crippen LogP contribution in [0.1, 0.15) is 69.5 Å². The lowest BCUT2D eigenvalue weighted by Crippen LogP contribution is -2.32. The lowest BCUT2D eigenvalue weighted by atomic mass is 9.94. The van der Waals surface area contributed by atoms with Crippen molar-refractivity contribution in [1.82, 2.24) is 9.71 Å². The molecule has 3 N–H and O–H groups in total. The number of hydrogen-bond acceptors (Lipinski definition) is 4. The van der Waals surface area contributed by atoms with Crippen LogP contribution in [-0.2, 0) is 11.0 Å². The van der Waals surface area contributed by atoms with Gasteiger partial charge in [-0.15, -0.1) is 0 Å². The minimum absolute atomic E-state index is 0.0391. The molecule has 30 heavy (non-hydrogen) atoms. The molecule has 6 nitrogen and oxygen atoms in total. The number of pyridine rings is 1. The molecule has 0 bridgehead atoms. The van der Waals surface area contributed by atoms with Crippen molar-refractivity contribution in [3.05, 3.63) is 63.6 Å². The highest BCUT2D eigenvalue weighted by atomic mass is 32.2. The number of nitrogens with one attached hydrogen (secondary N) is 3. The fraction of sp³-hybridized carbons (Fsp3) is 0.478. The van der Waals surface area contributed by atoms with Gasteiger partial charge in [-0.3, -0.25) is 4.79 Å². The van der Waals surface area contributed by atoms with Gasteiger partial charge in [-0.25, -0.2) is 8.93 Å². The van der Waals surface area contributed by atoms with Crippen molar-refractivity contribution in [3.63, 3.8) is 0 Å². The Morgan fingerprint density at radius 1 is 1.40 bits per heavy atom. The zero-order valence-electron chi connectivity index (χ0n) is 17.6. The minimum Gasteiger partial charge on any atom is -0.862 e. The molecule has 2 aliphatic rings. The summed E-state index contributed by atoms with van der Waals surface area (Å²) in [6.07, 6.45) is 12.2. The molecule has 3 rings (SSSR count). The first-order chi connectivity index (χ1) is 14.3. The molecule has 0 aromatic carbocycles. The van der Waals surface area contributed by atoms with E-state index in [4.69, 9.17) is 5.41 Å². The topological polar surface area (TPSA) is 109 Å². The average molecular weight is 429 g/mol. The summed E-state index contributed by atoms with van der Waals surface area (Å²) in [6, 6.07) is 4.02. The monoisotopic (exact) mass is 428 g/mol. The van der Waals surface area contributed by atoms with Gasteiger partial charge in [0, 0.05) is 22.9 Å². The third-order valence-electron chi connectivity index (χ3n) is 5.20. The zero-order valence-corrected chi connectivity index (χ0v) is 18.4. The van der Waals surface area contributed by atoms with E-state index in [1.807, 2.05) is 44.2 Å². The van der Waals surface area contributed by atoms with E-state index in [0.29, 0.717) is 25.2 Å². The molecule has 2 unspecified atom stereocenters. The van der Waals surface area contributed by atoms with E-state index in [1.165, 1.54) is 0 Å². The SMILES string of the molecule is CC(C)NS(=O)C1C=CC(/C(=C\CCCC(=N)[O-])c2ccc(C3CC3)c(=O)[nH]2)=CC1. The van der Waals surface area contributed by atoms with Gasteiger partial charge in [-0.1, -0.05) is 30.4 Å². The normalized spacial score (nSPS) is 20.3. The van der Waals surface area contributed by atoms with E-state index in [9.17, 15) is 14.1 Å². The van der Waals surface area contributed by atoms with E-state index in [0.717, 1.165) is 35.2 Å². The molecule has 1 aromatic rings. The maximum atomic E-state index is 12.5. The molecule has 0 amide bonds. The molecule has 2 atom stereocenters. The molecule has 0 saturated heterocycles.